The number of carbonyl (C=O) groups excluding carboxylic acids is 1. The van der Waals surface area contributed by atoms with Gasteiger partial charge in [0.05, 0.1) is 0 Å². The number of anilines is 1. The topological polar surface area (TPSA) is 50.4 Å². The van der Waals surface area contributed by atoms with Gasteiger partial charge in [0.1, 0.15) is 6.61 Å². The zero-order valence-corrected chi connectivity index (χ0v) is 11.4. The van der Waals surface area contributed by atoms with Gasteiger partial charge < -0.3 is 15.4 Å². The molecule has 2 rings (SSSR count). The SMILES string of the molecule is Cc1cccc(NC(=O)COCCC2CCNC2)c1. The van der Waals surface area contributed by atoms with Crippen molar-refractivity contribution in [1.82, 2.24) is 5.32 Å². The Morgan fingerprint density at radius 3 is 3.16 bits per heavy atom. The van der Waals surface area contributed by atoms with Gasteiger partial charge in [-0.05, 0) is 56.5 Å². The van der Waals surface area contributed by atoms with Crippen LogP contribution in [-0.4, -0.2) is 32.2 Å². The highest BCUT2D eigenvalue weighted by molar-refractivity contribution is 5.91. The van der Waals surface area contributed by atoms with Crippen LogP contribution in [0.3, 0.4) is 0 Å². The molecule has 2 N–H and O–H groups in total. The summed E-state index contributed by atoms with van der Waals surface area (Å²) in [7, 11) is 0. The van der Waals surface area contributed by atoms with Crippen molar-refractivity contribution in [2.75, 3.05) is 31.6 Å². The van der Waals surface area contributed by atoms with Gasteiger partial charge in [-0.1, -0.05) is 12.1 Å². The number of benzene rings is 1. The number of carbonyl (C=O) groups is 1. The fraction of sp³-hybridized carbons (Fsp3) is 0.533. The summed E-state index contributed by atoms with van der Waals surface area (Å²) >= 11 is 0. The van der Waals surface area contributed by atoms with Crippen molar-refractivity contribution < 1.29 is 9.53 Å². The molecule has 0 bridgehead atoms. The molecular weight excluding hydrogens is 240 g/mol. The minimum atomic E-state index is -0.0878. The van der Waals surface area contributed by atoms with Crippen LogP contribution >= 0.6 is 0 Å². The normalized spacial score (nSPS) is 18.5. The van der Waals surface area contributed by atoms with Crippen LogP contribution in [0.1, 0.15) is 18.4 Å². The summed E-state index contributed by atoms with van der Waals surface area (Å²) in [5, 5.41) is 6.16. The van der Waals surface area contributed by atoms with Gasteiger partial charge >= 0.3 is 0 Å². The molecule has 1 aromatic carbocycles. The Morgan fingerprint density at radius 2 is 2.42 bits per heavy atom. The zero-order chi connectivity index (χ0) is 13.5. The van der Waals surface area contributed by atoms with E-state index in [9.17, 15) is 4.79 Å². The van der Waals surface area contributed by atoms with Gasteiger partial charge in [0.2, 0.25) is 5.91 Å². The number of aryl methyl sites for hydroxylation is 1. The quantitative estimate of drug-likeness (QED) is 0.770. The Balaban J connectivity index is 1.61. The minimum absolute atomic E-state index is 0.0878. The first-order valence-electron chi connectivity index (χ1n) is 6.89. The number of ether oxygens (including phenoxy) is 1. The molecule has 1 aliphatic rings. The Bertz CT molecular complexity index is 414. The predicted molar refractivity (Wildman–Crippen MR) is 76.2 cm³/mol. The highest BCUT2D eigenvalue weighted by atomic mass is 16.5. The second-order valence-electron chi connectivity index (χ2n) is 5.12. The molecule has 0 radical (unpaired) electrons. The molecule has 19 heavy (non-hydrogen) atoms. The van der Waals surface area contributed by atoms with E-state index in [1.165, 1.54) is 6.42 Å². The molecule has 1 aliphatic heterocycles. The van der Waals surface area contributed by atoms with Gasteiger partial charge in [0.15, 0.2) is 0 Å². The number of amides is 1. The van der Waals surface area contributed by atoms with Gasteiger partial charge in [-0.25, -0.2) is 0 Å². The maximum absolute atomic E-state index is 11.7. The van der Waals surface area contributed by atoms with Crippen LogP contribution < -0.4 is 10.6 Å². The lowest BCUT2D eigenvalue weighted by Crippen LogP contribution is -2.19. The monoisotopic (exact) mass is 262 g/mol. The third-order valence-electron chi connectivity index (χ3n) is 3.37. The summed E-state index contributed by atoms with van der Waals surface area (Å²) in [6.45, 7) is 4.99. The van der Waals surface area contributed by atoms with Crippen LogP contribution in [0, 0.1) is 12.8 Å². The summed E-state index contributed by atoms with van der Waals surface area (Å²) < 4.78 is 5.42. The van der Waals surface area contributed by atoms with Crippen LogP contribution in [0.4, 0.5) is 5.69 Å². The Kier molecular flexibility index (Phi) is 5.36. The fourth-order valence-electron chi connectivity index (χ4n) is 2.30. The van der Waals surface area contributed by atoms with E-state index in [1.807, 2.05) is 31.2 Å². The second kappa shape index (κ2) is 7.26. The molecule has 104 valence electrons. The van der Waals surface area contributed by atoms with Gasteiger partial charge in [0.25, 0.3) is 0 Å². The van der Waals surface area contributed by atoms with E-state index < -0.39 is 0 Å². The molecule has 1 unspecified atom stereocenters. The number of hydrogen-bond acceptors (Lipinski definition) is 3. The maximum Gasteiger partial charge on any atom is 0.250 e. The molecule has 1 atom stereocenters. The largest absolute Gasteiger partial charge is 0.372 e. The lowest BCUT2D eigenvalue weighted by molar-refractivity contribution is -0.120. The van der Waals surface area contributed by atoms with Crippen molar-refractivity contribution in [3.8, 4) is 0 Å². The van der Waals surface area contributed by atoms with Crippen molar-refractivity contribution in [2.24, 2.45) is 5.92 Å². The molecule has 0 spiro atoms. The minimum Gasteiger partial charge on any atom is -0.372 e. The van der Waals surface area contributed by atoms with E-state index in [-0.39, 0.29) is 12.5 Å². The second-order valence-corrected chi connectivity index (χ2v) is 5.12. The van der Waals surface area contributed by atoms with Gasteiger partial charge in [-0.3, -0.25) is 4.79 Å². The number of hydrogen-bond donors (Lipinski definition) is 2. The third kappa shape index (κ3) is 5.01. The van der Waals surface area contributed by atoms with Crippen LogP contribution in [0.2, 0.25) is 0 Å². The summed E-state index contributed by atoms with van der Waals surface area (Å²) in [6.07, 6.45) is 2.25. The standard InChI is InChI=1S/C15H22N2O2/c1-12-3-2-4-14(9-12)17-15(18)11-19-8-6-13-5-7-16-10-13/h2-4,9,13,16H,5-8,10-11H2,1H3,(H,17,18). The summed E-state index contributed by atoms with van der Waals surface area (Å²) in [5.41, 5.74) is 1.96. The van der Waals surface area contributed by atoms with Crippen LogP contribution in [0.5, 0.6) is 0 Å². The molecule has 1 heterocycles. The van der Waals surface area contributed by atoms with Crippen LogP contribution in [-0.2, 0) is 9.53 Å². The van der Waals surface area contributed by atoms with Gasteiger partial charge in [-0.15, -0.1) is 0 Å². The average Bonchev–Trinajstić information content (AvgIpc) is 2.88. The fourth-order valence-corrected chi connectivity index (χ4v) is 2.30. The van der Waals surface area contributed by atoms with Crippen molar-refractivity contribution in [3.05, 3.63) is 29.8 Å². The lowest BCUT2D eigenvalue weighted by Gasteiger charge is -2.09. The number of nitrogens with one attached hydrogen (secondary N) is 2. The van der Waals surface area contributed by atoms with Gasteiger partial charge in [-0.2, -0.15) is 0 Å². The first kappa shape index (κ1) is 14.0. The summed E-state index contributed by atoms with van der Waals surface area (Å²) in [5.74, 6) is 0.620. The van der Waals surface area contributed by atoms with Crippen molar-refractivity contribution in [3.63, 3.8) is 0 Å². The smallest absolute Gasteiger partial charge is 0.250 e. The molecule has 0 aromatic heterocycles. The summed E-state index contributed by atoms with van der Waals surface area (Å²) in [6, 6.07) is 7.76. The van der Waals surface area contributed by atoms with Crippen LogP contribution in [0.15, 0.2) is 24.3 Å². The summed E-state index contributed by atoms with van der Waals surface area (Å²) in [4.78, 5) is 11.7. The first-order chi connectivity index (χ1) is 9.24. The molecule has 0 aliphatic carbocycles. The van der Waals surface area contributed by atoms with E-state index in [0.29, 0.717) is 12.5 Å². The van der Waals surface area contributed by atoms with Crippen molar-refractivity contribution in [1.29, 1.82) is 0 Å². The zero-order valence-electron chi connectivity index (χ0n) is 11.4. The Labute approximate surface area is 114 Å². The molecule has 4 nitrogen and oxygen atoms in total. The molecule has 4 heteroatoms. The Hall–Kier alpha value is -1.39. The highest BCUT2D eigenvalue weighted by Gasteiger charge is 2.13. The van der Waals surface area contributed by atoms with E-state index in [2.05, 4.69) is 10.6 Å². The molecule has 1 saturated heterocycles. The first-order valence-corrected chi connectivity index (χ1v) is 6.89. The number of rotatable bonds is 6. The van der Waals surface area contributed by atoms with E-state index in [0.717, 1.165) is 30.8 Å². The van der Waals surface area contributed by atoms with Gasteiger partial charge in [0, 0.05) is 12.3 Å². The molecule has 1 aromatic rings. The van der Waals surface area contributed by atoms with Crippen LogP contribution in [0.25, 0.3) is 0 Å². The molecule has 0 saturated carbocycles. The van der Waals surface area contributed by atoms with E-state index in [4.69, 9.17) is 4.74 Å². The predicted octanol–water partition coefficient (Wildman–Crippen LogP) is 1.95. The van der Waals surface area contributed by atoms with Crippen molar-refractivity contribution >= 4 is 11.6 Å². The lowest BCUT2D eigenvalue weighted by atomic mass is 10.1. The van der Waals surface area contributed by atoms with Crippen molar-refractivity contribution in [2.45, 2.75) is 19.8 Å². The molecule has 1 amide bonds. The maximum atomic E-state index is 11.7. The Morgan fingerprint density at radius 1 is 1.53 bits per heavy atom. The average molecular weight is 262 g/mol. The molecular formula is C15H22N2O2. The van der Waals surface area contributed by atoms with E-state index >= 15 is 0 Å². The van der Waals surface area contributed by atoms with E-state index in [1.54, 1.807) is 0 Å². The third-order valence-corrected chi connectivity index (χ3v) is 3.37. The highest BCUT2D eigenvalue weighted by Crippen LogP contribution is 2.12. The molecule has 1 fully saturated rings.